The largest absolute Gasteiger partial charge is 0.363 e. The second-order valence-electron chi connectivity index (χ2n) is 7.78. The Morgan fingerprint density at radius 1 is 0.958 bits per heavy atom. The van der Waals surface area contributed by atoms with Crippen LogP contribution < -0.4 is 0 Å². The molecular formula is C18H31N3O3. The molecule has 0 N–H and O–H groups in total. The minimum Gasteiger partial charge on any atom is -0.363 e. The number of piperidine rings is 1. The normalized spacial score (nSPS) is 35.3. The fourth-order valence-electron chi connectivity index (χ4n) is 4.58. The third-order valence-electron chi connectivity index (χ3n) is 6.09. The van der Waals surface area contributed by atoms with Gasteiger partial charge in [0, 0.05) is 26.2 Å². The lowest BCUT2D eigenvalue weighted by Crippen LogP contribution is -2.45. The van der Waals surface area contributed by atoms with E-state index in [0.29, 0.717) is 12.5 Å². The van der Waals surface area contributed by atoms with Crippen LogP contribution in [0.3, 0.4) is 0 Å². The van der Waals surface area contributed by atoms with Crippen LogP contribution in [-0.2, 0) is 14.4 Å². The maximum Gasteiger partial charge on any atom is 0.275 e. The van der Waals surface area contributed by atoms with Crippen molar-refractivity contribution in [2.75, 3.05) is 52.4 Å². The number of fused-ring (bicyclic) bond motifs is 1. The lowest BCUT2D eigenvalue weighted by Gasteiger charge is -2.34. The molecule has 4 rings (SSSR count). The summed E-state index contributed by atoms with van der Waals surface area (Å²) in [4.78, 5) is 23.2. The number of likely N-dealkylation sites (tertiary alicyclic amines) is 2. The van der Waals surface area contributed by atoms with E-state index in [2.05, 4.69) is 9.80 Å². The van der Waals surface area contributed by atoms with Crippen LogP contribution in [0.4, 0.5) is 0 Å². The van der Waals surface area contributed by atoms with Crippen molar-refractivity contribution >= 4 is 5.91 Å². The summed E-state index contributed by atoms with van der Waals surface area (Å²) < 4.78 is 6.16. The topological polar surface area (TPSA) is 45.2 Å². The van der Waals surface area contributed by atoms with Gasteiger partial charge in [-0.2, -0.15) is 0 Å². The third-order valence-corrected chi connectivity index (χ3v) is 6.09. The van der Waals surface area contributed by atoms with Gasteiger partial charge in [0.25, 0.3) is 5.91 Å². The van der Waals surface area contributed by atoms with E-state index in [1.807, 2.05) is 0 Å². The zero-order valence-electron chi connectivity index (χ0n) is 14.7. The number of ether oxygens (including phenoxy) is 1. The van der Waals surface area contributed by atoms with E-state index in [4.69, 9.17) is 9.57 Å². The molecular weight excluding hydrogens is 306 g/mol. The second kappa shape index (κ2) is 7.68. The summed E-state index contributed by atoms with van der Waals surface area (Å²) >= 11 is 0. The molecule has 24 heavy (non-hydrogen) atoms. The van der Waals surface area contributed by atoms with Crippen molar-refractivity contribution in [1.29, 1.82) is 0 Å². The van der Waals surface area contributed by atoms with Gasteiger partial charge in [-0.25, -0.2) is 5.06 Å². The van der Waals surface area contributed by atoms with Gasteiger partial charge in [0.1, 0.15) is 6.10 Å². The lowest BCUT2D eigenvalue weighted by molar-refractivity contribution is -0.206. The van der Waals surface area contributed by atoms with Gasteiger partial charge in [-0.05, 0) is 64.1 Å². The number of hydrogen-bond acceptors (Lipinski definition) is 5. The Bertz CT molecular complexity index is 435. The van der Waals surface area contributed by atoms with Crippen LogP contribution in [0.5, 0.6) is 0 Å². The number of hydrogen-bond donors (Lipinski definition) is 0. The fraction of sp³-hybridized carbons (Fsp3) is 0.944. The molecule has 0 radical (unpaired) electrons. The first-order valence-corrected chi connectivity index (χ1v) is 9.84. The van der Waals surface area contributed by atoms with Gasteiger partial charge in [-0.15, -0.1) is 0 Å². The van der Waals surface area contributed by atoms with Gasteiger partial charge < -0.3 is 9.64 Å². The predicted molar refractivity (Wildman–Crippen MR) is 90.4 cm³/mol. The molecule has 136 valence electrons. The zero-order chi connectivity index (χ0) is 16.4. The molecule has 1 amide bonds. The molecule has 0 aromatic rings. The van der Waals surface area contributed by atoms with E-state index in [9.17, 15) is 4.79 Å². The van der Waals surface area contributed by atoms with Crippen molar-refractivity contribution in [3.05, 3.63) is 0 Å². The highest BCUT2D eigenvalue weighted by atomic mass is 16.7. The fourth-order valence-corrected chi connectivity index (χ4v) is 4.58. The molecule has 0 bridgehead atoms. The molecule has 0 spiro atoms. The molecule has 0 saturated carbocycles. The molecule has 4 saturated heterocycles. The molecule has 3 atom stereocenters. The van der Waals surface area contributed by atoms with E-state index in [0.717, 1.165) is 51.9 Å². The summed E-state index contributed by atoms with van der Waals surface area (Å²) in [6, 6.07) is 0. The zero-order valence-corrected chi connectivity index (χ0v) is 14.7. The standard InChI is InChI=1S/C18H31N3O3/c22-18(21-8-3-4-12-23-21)16-13-15-5-9-20(14-17(15)24-16)11-10-19-6-1-2-7-19/h15-17H,1-14H2/t15-,16-,17+/m0/s1. The van der Waals surface area contributed by atoms with Crippen LogP contribution in [0, 0.1) is 5.92 Å². The van der Waals surface area contributed by atoms with Crippen molar-refractivity contribution in [1.82, 2.24) is 14.9 Å². The van der Waals surface area contributed by atoms with E-state index in [-0.39, 0.29) is 18.1 Å². The minimum absolute atomic E-state index is 0.0488. The van der Waals surface area contributed by atoms with Crippen LogP contribution >= 0.6 is 0 Å². The van der Waals surface area contributed by atoms with Crippen molar-refractivity contribution in [2.24, 2.45) is 5.92 Å². The molecule has 6 nitrogen and oxygen atoms in total. The SMILES string of the molecule is O=C([C@@H]1C[C@@H]2CCN(CCN3CCCC3)C[C@H]2O1)N1CCCCO1. The highest BCUT2D eigenvalue weighted by Crippen LogP contribution is 2.34. The quantitative estimate of drug-likeness (QED) is 0.769. The van der Waals surface area contributed by atoms with Crippen molar-refractivity contribution < 1.29 is 14.4 Å². The molecule has 6 heteroatoms. The second-order valence-corrected chi connectivity index (χ2v) is 7.78. The smallest absolute Gasteiger partial charge is 0.275 e. The molecule has 4 heterocycles. The first-order chi connectivity index (χ1) is 11.8. The Balaban J connectivity index is 1.25. The summed E-state index contributed by atoms with van der Waals surface area (Å²) in [5, 5.41) is 1.55. The third kappa shape index (κ3) is 3.77. The molecule has 0 aromatic heterocycles. The number of amides is 1. The highest BCUT2D eigenvalue weighted by Gasteiger charge is 2.43. The monoisotopic (exact) mass is 337 g/mol. The number of carbonyl (C=O) groups is 1. The van der Waals surface area contributed by atoms with Crippen LogP contribution in [-0.4, -0.2) is 85.4 Å². The molecule has 4 aliphatic heterocycles. The van der Waals surface area contributed by atoms with E-state index < -0.39 is 0 Å². The van der Waals surface area contributed by atoms with Crippen molar-refractivity contribution in [3.63, 3.8) is 0 Å². The summed E-state index contributed by atoms with van der Waals surface area (Å²) in [6.45, 7) is 8.38. The molecule has 0 aliphatic carbocycles. The number of nitrogens with zero attached hydrogens (tertiary/aromatic N) is 3. The van der Waals surface area contributed by atoms with Crippen LogP contribution in [0.1, 0.15) is 38.5 Å². The average Bonchev–Trinajstić information content (AvgIpc) is 3.29. The minimum atomic E-state index is -0.281. The Labute approximate surface area is 145 Å². The summed E-state index contributed by atoms with van der Waals surface area (Å²) in [7, 11) is 0. The highest BCUT2D eigenvalue weighted by molar-refractivity contribution is 5.80. The maximum atomic E-state index is 12.6. The Hall–Kier alpha value is -0.690. The average molecular weight is 337 g/mol. The van der Waals surface area contributed by atoms with E-state index in [1.165, 1.54) is 32.5 Å². The van der Waals surface area contributed by atoms with Gasteiger partial charge >= 0.3 is 0 Å². The number of rotatable bonds is 4. The lowest BCUT2D eigenvalue weighted by atomic mass is 9.91. The summed E-state index contributed by atoms with van der Waals surface area (Å²) in [5.74, 6) is 0.597. The van der Waals surface area contributed by atoms with Gasteiger partial charge in [0.2, 0.25) is 0 Å². The number of carbonyl (C=O) groups excluding carboxylic acids is 1. The Kier molecular flexibility index (Phi) is 5.37. The van der Waals surface area contributed by atoms with Gasteiger partial charge in [-0.3, -0.25) is 14.5 Å². The predicted octanol–water partition coefficient (Wildman–Crippen LogP) is 1.12. The van der Waals surface area contributed by atoms with Gasteiger partial charge in [-0.1, -0.05) is 0 Å². The van der Waals surface area contributed by atoms with Crippen molar-refractivity contribution in [2.45, 2.75) is 50.7 Å². The summed E-state index contributed by atoms with van der Waals surface area (Å²) in [6.07, 6.45) is 6.79. The van der Waals surface area contributed by atoms with Gasteiger partial charge in [0.15, 0.2) is 0 Å². The van der Waals surface area contributed by atoms with E-state index in [1.54, 1.807) is 5.06 Å². The molecule has 0 unspecified atom stereocenters. The Morgan fingerprint density at radius 2 is 1.75 bits per heavy atom. The molecule has 0 aromatic carbocycles. The van der Waals surface area contributed by atoms with Crippen LogP contribution in [0.15, 0.2) is 0 Å². The first-order valence-electron chi connectivity index (χ1n) is 9.84. The first kappa shape index (κ1) is 16.8. The molecule has 4 aliphatic rings. The van der Waals surface area contributed by atoms with Crippen molar-refractivity contribution in [3.8, 4) is 0 Å². The van der Waals surface area contributed by atoms with Crippen LogP contribution in [0.25, 0.3) is 0 Å². The molecule has 4 fully saturated rings. The van der Waals surface area contributed by atoms with E-state index >= 15 is 0 Å². The van der Waals surface area contributed by atoms with Gasteiger partial charge in [0.05, 0.1) is 12.7 Å². The summed E-state index contributed by atoms with van der Waals surface area (Å²) in [5.41, 5.74) is 0. The van der Waals surface area contributed by atoms with Crippen LogP contribution in [0.2, 0.25) is 0 Å². The Morgan fingerprint density at radius 3 is 2.54 bits per heavy atom. The maximum absolute atomic E-state index is 12.6. The number of hydroxylamine groups is 2.